The van der Waals surface area contributed by atoms with E-state index in [1.54, 1.807) is 10.9 Å². The van der Waals surface area contributed by atoms with Crippen LogP contribution in [0.4, 0.5) is 0 Å². The molecule has 1 aromatic carbocycles. The van der Waals surface area contributed by atoms with Crippen LogP contribution < -0.4 is 10.9 Å². The molecule has 0 spiro atoms. The Hall–Kier alpha value is -2.96. The predicted molar refractivity (Wildman–Crippen MR) is 108 cm³/mol. The van der Waals surface area contributed by atoms with E-state index in [0.717, 1.165) is 42.5 Å². The summed E-state index contributed by atoms with van der Waals surface area (Å²) in [5, 5.41) is 12.5. The molecule has 4 rings (SSSR count). The molecular formula is C21H25N5O2. The van der Waals surface area contributed by atoms with E-state index in [-0.39, 0.29) is 24.1 Å². The molecule has 2 aromatic heterocycles. The maximum absolute atomic E-state index is 13.1. The highest BCUT2D eigenvalue weighted by Crippen LogP contribution is 2.21. The lowest BCUT2D eigenvalue weighted by molar-refractivity contribution is -0.122. The highest BCUT2D eigenvalue weighted by atomic mass is 16.2. The summed E-state index contributed by atoms with van der Waals surface area (Å²) in [6.07, 6.45) is 5.96. The Kier molecular flexibility index (Phi) is 4.75. The molecule has 1 saturated carbocycles. The molecule has 1 amide bonds. The fourth-order valence-corrected chi connectivity index (χ4v) is 4.03. The van der Waals surface area contributed by atoms with Crippen LogP contribution >= 0.6 is 0 Å². The average molecular weight is 379 g/mol. The van der Waals surface area contributed by atoms with Gasteiger partial charge in [0.1, 0.15) is 12.1 Å². The summed E-state index contributed by atoms with van der Waals surface area (Å²) in [4.78, 5) is 25.6. The standard InChI is InChI=1S/C21H25N5O2/c1-13-8-9-18(14(2)10-13)26-20-17(11-22-26)15(3)24-25(21(20)28)12-19(27)23-16-6-4-5-7-16/h8-11,16H,4-7,12H2,1-3H3,(H,23,27). The molecule has 0 radical (unpaired) electrons. The molecule has 0 saturated heterocycles. The van der Waals surface area contributed by atoms with Gasteiger partial charge < -0.3 is 5.32 Å². The number of amides is 1. The number of aryl methyl sites for hydroxylation is 3. The van der Waals surface area contributed by atoms with Crippen LogP contribution in [0.25, 0.3) is 16.6 Å². The van der Waals surface area contributed by atoms with E-state index in [1.165, 1.54) is 4.68 Å². The van der Waals surface area contributed by atoms with Crippen LogP contribution in [0.3, 0.4) is 0 Å². The van der Waals surface area contributed by atoms with Crippen molar-refractivity contribution >= 4 is 16.8 Å². The number of hydrogen-bond donors (Lipinski definition) is 1. The van der Waals surface area contributed by atoms with Gasteiger partial charge in [0.2, 0.25) is 5.91 Å². The molecule has 3 aromatic rings. The minimum Gasteiger partial charge on any atom is -0.352 e. The van der Waals surface area contributed by atoms with Gasteiger partial charge in [-0.2, -0.15) is 10.2 Å². The van der Waals surface area contributed by atoms with Crippen molar-refractivity contribution in [1.82, 2.24) is 24.9 Å². The zero-order valence-electron chi connectivity index (χ0n) is 16.5. The molecule has 7 heteroatoms. The van der Waals surface area contributed by atoms with Crippen molar-refractivity contribution in [3.05, 3.63) is 51.6 Å². The van der Waals surface area contributed by atoms with Crippen molar-refractivity contribution in [3.63, 3.8) is 0 Å². The molecule has 28 heavy (non-hydrogen) atoms. The summed E-state index contributed by atoms with van der Waals surface area (Å²) in [7, 11) is 0. The number of aromatic nitrogens is 4. The van der Waals surface area contributed by atoms with Crippen molar-refractivity contribution in [2.45, 2.75) is 59.0 Å². The van der Waals surface area contributed by atoms with Crippen molar-refractivity contribution < 1.29 is 4.79 Å². The number of carbonyl (C=O) groups is 1. The van der Waals surface area contributed by atoms with Gasteiger partial charge in [-0.05, 0) is 45.2 Å². The highest BCUT2D eigenvalue weighted by Gasteiger charge is 2.20. The minimum atomic E-state index is -0.306. The molecule has 0 atom stereocenters. The maximum atomic E-state index is 13.1. The second-order valence-corrected chi connectivity index (χ2v) is 7.71. The molecule has 146 valence electrons. The maximum Gasteiger partial charge on any atom is 0.293 e. The zero-order valence-corrected chi connectivity index (χ0v) is 16.5. The number of hydrogen-bond acceptors (Lipinski definition) is 4. The van der Waals surface area contributed by atoms with Crippen molar-refractivity contribution in [2.75, 3.05) is 0 Å². The lowest BCUT2D eigenvalue weighted by atomic mass is 10.1. The van der Waals surface area contributed by atoms with E-state index in [1.807, 2.05) is 32.9 Å². The van der Waals surface area contributed by atoms with E-state index >= 15 is 0 Å². The molecule has 1 aliphatic rings. The van der Waals surface area contributed by atoms with Crippen LogP contribution in [-0.4, -0.2) is 31.5 Å². The van der Waals surface area contributed by atoms with Crippen LogP contribution in [0.2, 0.25) is 0 Å². The number of nitrogens with one attached hydrogen (secondary N) is 1. The van der Waals surface area contributed by atoms with Gasteiger partial charge >= 0.3 is 0 Å². The Morgan fingerprint density at radius 3 is 2.68 bits per heavy atom. The summed E-state index contributed by atoms with van der Waals surface area (Å²) in [5.41, 5.74) is 3.86. The fourth-order valence-electron chi connectivity index (χ4n) is 4.03. The fraction of sp³-hybridized carbons (Fsp3) is 0.429. The Balaban J connectivity index is 1.74. The van der Waals surface area contributed by atoms with E-state index in [0.29, 0.717) is 16.6 Å². The van der Waals surface area contributed by atoms with E-state index in [4.69, 9.17) is 0 Å². The second-order valence-electron chi connectivity index (χ2n) is 7.71. The van der Waals surface area contributed by atoms with Gasteiger partial charge in [0.15, 0.2) is 0 Å². The third-order valence-electron chi connectivity index (χ3n) is 5.46. The van der Waals surface area contributed by atoms with E-state index < -0.39 is 0 Å². The molecule has 1 N–H and O–H groups in total. The molecule has 7 nitrogen and oxygen atoms in total. The average Bonchev–Trinajstić information content (AvgIpc) is 3.29. The van der Waals surface area contributed by atoms with Crippen molar-refractivity contribution in [2.24, 2.45) is 0 Å². The molecule has 1 aliphatic carbocycles. The largest absolute Gasteiger partial charge is 0.352 e. The van der Waals surface area contributed by atoms with Gasteiger partial charge in [-0.3, -0.25) is 9.59 Å². The van der Waals surface area contributed by atoms with Crippen molar-refractivity contribution in [3.8, 4) is 5.69 Å². The number of nitrogens with zero attached hydrogens (tertiary/aromatic N) is 4. The van der Waals surface area contributed by atoms with Crippen LogP contribution in [0.5, 0.6) is 0 Å². The minimum absolute atomic E-state index is 0.0792. The highest BCUT2D eigenvalue weighted by molar-refractivity contribution is 5.82. The number of benzene rings is 1. The first-order valence-corrected chi connectivity index (χ1v) is 9.76. The summed E-state index contributed by atoms with van der Waals surface area (Å²) in [6, 6.07) is 6.24. The molecule has 0 aliphatic heterocycles. The molecule has 0 unspecified atom stereocenters. The van der Waals surface area contributed by atoms with Gasteiger partial charge in [0, 0.05) is 11.4 Å². The second kappa shape index (κ2) is 7.22. The first-order valence-electron chi connectivity index (χ1n) is 9.76. The molecule has 2 heterocycles. The number of carbonyl (C=O) groups excluding carboxylic acids is 1. The molecule has 1 fully saturated rings. The lowest BCUT2D eigenvalue weighted by Gasteiger charge is -2.13. The third kappa shape index (κ3) is 3.32. The van der Waals surface area contributed by atoms with Crippen LogP contribution in [-0.2, 0) is 11.3 Å². The van der Waals surface area contributed by atoms with Crippen LogP contribution in [0.15, 0.2) is 29.2 Å². The SMILES string of the molecule is Cc1ccc(-n2ncc3c(C)nn(CC(=O)NC4CCCC4)c(=O)c32)c(C)c1. The zero-order chi connectivity index (χ0) is 19.8. The normalized spacial score (nSPS) is 14.7. The first kappa shape index (κ1) is 18.4. The Bertz CT molecular complexity index is 1110. The van der Waals surface area contributed by atoms with Crippen LogP contribution in [0, 0.1) is 20.8 Å². The number of rotatable bonds is 4. The van der Waals surface area contributed by atoms with Gasteiger partial charge in [-0.15, -0.1) is 0 Å². The van der Waals surface area contributed by atoms with Gasteiger partial charge in [0.25, 0.3) is 5.56 Å². The predicted octanol–water partition coefficient (Wildman–Crippen LogP) is 2.57. The quantitative estimate of drug-likeness (QED) is 0.755. The van der Waals surface area contributed by atoms with Gasteiger partial charge in [0.05, 0.1) is 17.6 Å². The van der Waals surface area contributed by atoms with E-state index in [9.17, 15) is 9.59 Å². The van der Waals surface area contributed by atoms with Crippen LogP contribution in [0.1, 0.15) is 42.5 Å². The van der Waals surface area contributed by atoms with Gasteiger partial charge in [-0.25, -0.2) is 9.36 Å². The summed E-state index contributed by atoms with van der Waals surface area (Å²) >= 11 is 0. The van der Waals surface area contributed by atoms with E-state index in [2.05, 4.69) is 21.6 Å². The Morgan fingerprint density at radius 2 is 1.96 bits per heavy atom. The summed E-state index contributed by atoms with van der Waals surface area (Å²) in [5.74, 6) is -0.169. The molecular weight excluding hydrogens is 354 g/mol. The smallest absolute Gasteiger partial charge is 0.293 e. The number of fused-ring (bicyclic) bond motifs is 1. The molecule has 0 bridgehead atoms. The Labute approximate surface area is 163 Å². The Morgan fingerprint density at radius 1 is 1.21 bits per heavy atom. The lowest BCUT2D eigenvalue weighted by Crippen LogP contribution is -2.38. The summed E-state index contributed by atoms with van der Waals surface area (Å²) < 4.78 is 2.91. The van der Waals surface area contributed by atoms with Gasteiger partial charge in [-0.1, -0.05) is 30.5 Å². The third-order valence-corrected chi connectivity index (χ3v) is 5.46. The topological polar surface area (TPSA) is 81.8 Å². The summed E-state index contributed by atoms with van der Waals surface area (Å²) in [6.45, 7) is 5.78. The van der Waals surface area contributed by atoms with Crippen molar-refractivity contribution in [1.29, 1.82) is 0 Å². The first-order chi connectivity index (χ1) is 13.4. The monoisotopic (exact) mass is 379 g/mol.